The van der Waals surface area contributed by atoms with E-state index in [-0.39, 0.29) is 0 Å². The molecule has 0 aliphatic carbocycles. The number of aromatic nitrogens is 1. The first-order valence-electron chi connectivity index (χ1n) is 3.62. The van der Waals surface area contributed by atoms with Gasteiger partial charge in [-0.1, -0.05) is 25.9 Å². The minimum Gasteiger partial charge on any atom is -0.365 e. The average molecular weight is 139 g/mol. The second kappa shape index (κ2) is 2.86. The first kappa shape index (κ1) is 7.32. The molecule has 1 unspecified atom stereocenters. The van der Waals surface area contributed by atoms with E-state index in [1.54, 1.807) is 6.26 Å². The molecule has 0 aliphatic rings. The highest BCUT2D eigenvalue weighted by Crippen LogP contribution is 2.20. The van der Waals surface area contributed by atoms with Crippen LogP contribution in [0.1, 0.15) is 32.4 Å². The van der Waals surface area contributed by atoms with E-state index in [9.17, 15) is 0 Å². The van der Waals surface area contributed by atoms with Gasteiger partial charge in [-0.15, -0.1) is 0 Å². The molecule has 0 aliphatic heterocycles. The molecule has 0 N–H and O–H groups in total. The highest BCUT2D eigenvalue weighted by Gasteiger charge is 2.11. The molecule has 10 heavy (non-hydrogen) atoms. The predicted octanol–water partition coefficient (Wildman–Crippen LogP) is 2.43. The van der Waals surface area contributed by atoms with Crippen molar-refractivity contribution in [3.8, 4) is 0 Å². The highest BCUT2D eigenvalue weighted by molar-refractivity contribution is 5.02. The zero-order valence-corrected chi connectivity index (χ0v) is 6.66. The van der Waals surface area contributed by atoms with Gasteiger partial charge in [0.1, 0.15) is 6.26 Å². The third kappa shape index (κ3) is 1.38. The van der Waals surface area contributed by atoms with Crippen molar-refractivity contribution in [1.82, 2.24) is 5.16 Å². The van der Waals surface area contributed by atoms with E-state index in [1.165, 1.54) is 0 Å². The van der Waals surface area contributed by atoms with Gasteiger partial charge < -0.3 is 4.52 Å². The molecular formula is C8H13NO. The molecule has 1 aromatic rings. The summed E-state index contributed by atoms with van der Waals surface area (Å²) >= 11 is 0. The summed E-state index contributed by atoms with van der Waals surface area (Å²) in [6.07, 6.45) is 1.62. The van der Waals surface area contributed by atoms with Crippen LogP contribution in [0.15, 0.2) is 16.9 Å². The lowest BCUT2D eigenvalue weighted by Gasteiger charge is -2.10. The Morgan fingerprint density at radius 2 is 2.10 bits per heavy atom. The molecule has 0 saturated carbocycles. The molecule has 0 amide bonds. The summed E-state index contributed by atoms with van der Waals surface area (Å²) in [4.78, 5) is 0. The lowest BCUT2D eigenvalue weighted by atomic mass is 9.95. The maximum absolute atomic E-state index is 4.74. The van der Waals surface area contributed by atoms with Crippen LogP contribution >= 0.6 is 0 Å². The summed E-state index contributed by atoms with van der Waals surface area (Å²) in [5.74, 6) is 1.13. The fourth-order valence-electron chi connectivity index (χ4n) is 0.798. The monoisotopic (exact) mass is 139 g/mol. The highest BCUT2D eigenvalue weighted by atomic mass is 16.5. The molecule has 1 aromatic heterocycles. The quantitative estimate of drug-likeness (QED) is 0.629. The van der Waals surface area contributed by atoms with E-state index in [4.69, 9.17) is 4.52 Å². The van der Waals surface area contributed by atoms with Crippen molar-refractivity contribution in [3.05, 3.63) is 18.0 Å². The smallest absolute Gasteiger partial charge is 0.124 e. The van der Waals surface area contributed by atoms with Crippen molar-refractivity contribution in [1.29, 1.82) is 0 Å². The van der Waals surface area contributed by atoms with Gasteiger partial charge in [-0.2, -0.15) is 0 Å². The minimum atomic E-state index is 0.499. The van der Waals surface area contributed by atoms with Crippen LogP contribution in [0.4, 0.5) is 0 Å². The van der Waals surface area contributed by atoms with Crippen LogP contribution in [0.2, 0.25) is 0 Å². The molecule has 0 spiro atoms. The van der Waals surface area contributed by atoms with Crippen LogP contribution < -0.4 is 0 Å². The third-order valence-electron chi connectivity index (χ3n) is 1.92. The van der Waals surface area contributed by atoms with E-state index >= 15 is 0 Å². The Bertz CT molecular complexity index is 179. The van der Waals surface area contributed by atoms with E-state index in [1.807, 2.05) is 6.07 Å². The third-order valence-corrected chi connectivity index (χ3v) is 1.92. The van der Waals surface area contributed by atoms with Gasteiger partial charge in [-0.25, -0.2) is 0 Å². The minimum absolute atomic E-state index is 0.499. The lowest BCUT2D eigenvalue weighted by molar-refractivity contribution is 0.395. The molecule has 0 fully saturated rings. The van der Waals surface area contributed by atoms with Crippen LogP contribution in [0.3, 0.4) is 0 Å². The van der Waals surface area contributed by atoms with Crippen molar-refractivity contribution < 1.29 is 4.52 Å². The SMILES string of the molecule is CC(C)C(C)c1ccon1. The van der Waals surface area contributed by atoms with Crippen molar-refractivity contribution in [2.45, 2.75) is 26.7 Å². The standard InChI is InChI=1S/C8H13NO/c1-6(2)7(3)8-4-5-10-9-8/h4-7H,1-3H3. The van der Waals surface area contributed by atoms with Crippen LogP contribution in [-0.4, -0.2) is 5.16 Å². The van der Waals surface area contributed by atoms with Crippen LogP contribution in [0, 0.1) is 5.92 Å². The zero-order chi connectivity index (χ0) is 7.56. The fourth-order valence-corrected chi connectivity index (χ4v) is 0.798. The van der Waals surface area contributed by atoms with Gasteiger partial charge in [0.15, 0.2) is 0 Å². The van der Waals surface area contributed by atoms with Gasteiger partial charge in [0, 0.05) is 12.0 Å². The summed E-state index contributed by atoms with van der Waals surface area (Å²) < 4.78 is 4.74. The van der Waals surface area contributed by atoms with Gasteiger partial charge in [0.2, 0.25) is 0 Å². The molecule has 2 nitrogen and oxygen atoms in total. The molecule has 0 saturated heterocycles. The van der Waals surface area contributed by atoms with E-state index in [2.05, 4.69) is 25.9 Å². The Morgan fingerprint density at radius 3 is 2.50 bits per heavy atom. The Balaban J connectivity index is 2.68. The van der Waals surface area contributed by atoms with E-state index < -0.39 is 0 Å². The second-order valence-electron chi connectivity index (χ2n) is 2.96. The van der Waals surface area contributed by atoms with Gasteiger partial charge in [-0.3, -0.25) is 0 Å². The average Bonchev–Trinajstić information content (AvgIpc) is 2.36. The summed E-state index contributed by atoms with van der Waals surface area (Å²) in [6, 6.07) is 1.92. The summed E-state index contributed by atoms with van der Waals surface area (Å²) in [5, 5.41) is 3.86. The van der Waals surface area contributed by atoms with Crippen LogP contribution in [0.5, 0.6) is 0 Å². The summed E-state index contributed by atoms with van der Waals surface area (Å²) in [6.45, 7) is 6.52. The van der Waals surface area contributed by atoms with Crippen LogP contribution in [-0.2, 0) is 0 Å². The molecular weight excluding hydrogens is 126 g/mol. The van der Waals surface area contributed by atoms with Crippen molar-refractivity contribution >= 4 is 0 Å². The number of rotatable bonds is 2. The Hall–Kier alpha value is -0.790. The molecule has 1 atom stereocenters. The van der Waals surface area contributed by atoms with E-state index in [0.717, 1.165) is 5.69 Å². The molecule has 1 rings (SSSR count). The number of nitrogens with zero attached hydrogens (tertiary/aromatic N) is 1. The Morgan fingerprint density at radius 1 is 1.40 bits per heavy atom. The molecule has 1 heterocycles. The molecule has 0 aromatic carbocycles. The topological polar surface area (TPSA) is 26.0 Å². The van der Waals surface area contributed by atoms with Gasteiger partial charge in [0.05, 0.1) is 5.69 Å². The molecule has 56 valence electrons. The maximum atomic E-state index is 4.74. The predicted molar refractivity (Wildman–Crippen MR) is 39.8 cm³/mol. The lowest BCUT2D eigenvalue weighted by Crippen LogP contribution is -2.01. The summed E-state index contributed by atoms with van der Waals surface area (Å²) in [5.41, 5.74) is 1.05. The number of hydrogen-bond acceptors (Lipinski definition) is 2. The van der Waals surface area contributed by atoms with Gasteiger partial charge >= 0.3 is 0 Å². The molecule has 0 bridgehead atoms. The molecule has 2 heteroatoms. The van der Waals surface area contributed by atoms with Crippen molar-refractivity contribution in [3.63, 3.8) is 0 Å². The van der Waals surface area contributed by atoms with Crippen LogP contribution in [0.25, 0.3) is 0 Å². The van der Waals surface area contributed by atoms with Gasteiger partial charge in [0.25, 0.3) is 0 Å². The second-order valence-corrected chi connectivity index (χ2v) is 2.96. The van der Waals surface area contributed by atoms with Crippen molar-refractivity contribution in [2.24, 2.45) is 5.92 Å². The van der Waals surface area contributed by atoms with Crippen molar-refractivity contribution in [2.75, 3.05) is 0 Å². The van der Waals surface area contributed by atoms with E-state index in [0.29, 0.717) is 11.8 Å². The van der Waals surface area contributed by atoms with Gasteiger partial charge in [-0.05, 0) is 5.92 Å². The fraction of sp³-hybridized carbons (Fsp3) is 0.625. The Kier molecular flexibility index (Phi) is 2.10. The summed E-state index contributed by atoms with van der Waals surface area (Å²) in [7, 11) is 0. The Labute approximate surface area is 61.2 Å². The molecule has 0 radical (unpaired) electrons. The zero-order valence-electron chi connectivity index (χ0n) is 6.66. The largest absolute Gasteiger partial charge is 0.365 e. The maximum Gasteiger partial charge on any atom is 0.124 e. The first-order valence-corrected chi connectivity index (χ1v) is 3.62. The first-order chi connectivity index (χ1) is 4.72. The number of hydrogen-bond donors (Lipinski definition) is 0. The normalized spacial score (nSPS) is 14.0.